The van der Waals surface area contributed by atoms with Crippen LogP contribution in [0.3, 0.4) is 0 Å². The summed E-state index contributed by atoms with van der Waals surface area (Å²) in [6.45, 7) is -0.684. The molecule has 0 aliphatic rings. The molecule has 0 bridgehead atoms. The summed E-state index contributed by atoms with van der Waals surface area (Å²) in [6, 6.07) is 0. The van der Waals surface area contributed by atoms with Gasteiger partial charge in [-0.25, -0.2) is 4.67 Å². The van der Waals surface area contributed by atoms with E-state index < -0.39 is 6.87 Å². The Morgan fingerprint density at radius 3 is 1.72 bits per heavy atom. The standard InChI is InChI=1S/C13H29ClNO2P/c1-3-4-5-6-7-8-9-10-11-12-13-15(2)18(14,16)17/h3-13H2,1-2H3,(H,16,17). The maximum absolute atomic E-state index is 11.1. The predicted octanol–water partition coefficient (Wildman–Crippen LogP) is 5.18. The zero-order valence-electron chi connectivity index (χ0n) is 11.9. The average molecular weight is 298 g/mol. The monoisotopic (exact) mass is 297 g/mol. The Kier molecular flexibility index (Phi) is 11.6. The van der Waals surface area contributed by atoms with E-state index in [1.54, 1.807) is 7.05 Å². The van der Waals surface area contributed by atoms with Gasteiger partial charge in [-0.2, -0.15) is 0 Å². The summed E-state index contributed by atoms with van der Waals surface area (Å²) in [5.74, 6) is 0. The van der Waals surface area contributed by atoms with E-state index in [-0.39, 0.29) is 0 Å². The zero-order valence-corrected chi connectivity index (χ0v) is 13.6. The molecule has 1 atom stereocenters. The van der Waals surface area contributed by atoms with Crippen LogP contribution in [0.1, 0.15) is 71.1 Å². The minimum atomic E-state index is -3.53. The summed E-state index contributed by atoms with van der Waals surface area (Å²) >= 11 is 5.34. The molecule has 0 spiro atoms. The Labute approximate surface area is 117 Å². The Balaban J connectivity index is 3.19. The van der Waals surface area contributed by atoms with Crippen LogP contribution >= 0.6 is 18.1 Å². The number of nitrogens with zero attached hydrogens (tertiary/aromatic N) is 1. The van der Waals surface area contributed by atoms with Gasteiger partial charge in [0.2, 0.25) is 0 Å². The fourth-order valence-corrected chi connectivity index (χ4v) is 2.57. The third-order valence-corrected chi connectivity index (χ3v) is 5.07. The predicted molar refractivity (Wildman–Crippen MR) is 80.2 cm³/mol. The van der Waals surface area contributed by atoms with Crippen molar-refractivity contribution in [2.24, 2.45) is 0 Å². The van der Waals surface area contributed by atoms with Crippen molar-refractivity contribution in [2.75, 3.05) is 13.6 Å². The van der Waals surface area contributed by atoms with Gasteiger partial charge in [0.1, 0.15) is 0 Å². The van der Waals surface area contributed by atoms with Gasteiger partial charge in [-0.15, -0.1) is 0 Å². The van der Waals surface area contributed by atoms with E-state index in [9.17, 15) is 4.57 Å². The molecule has 0 aliphatic carbocycles. The molecule has 1 unspecified atom stereocenters. The van der Waals surface area contributed by atoms with Crippen LogP contribution in [-0.4, -0.2) is 23.2 Å². The first kappa shape index (κ1) is 18.4. The van der Waals surface area contributed by atoms with Crippen molar-refractivity contribution in [2.45, 2.75) is 71.1 Å². The normalized spacial score (nSPS) is 14.9. The topological polar surface area (TPSA) is 40.5 Å². The summed E-state index contributed by atoms with van der Waals surface area (Å²) in [5, 5.41) is 0. The Bertz CT molecular complexity index is 233. The maximum Gasteiger partial charge on any atom is 0.360 e. The smallest absolute Gasteiger partial charge is 0.322 e. The molecule has 0 saturated heterocycles. The second kappa shape index (κ2) is 11.3. The molecular formula is C13H29ClNO2P. The van der Waals surface area contributed by atoms with Gasteiger partial charge in [-0.1, -0.05) is 64.7 Å². The Morgan fingerprint density at radius 2 is 1.33 bits per heavy atom. The largest absolute Gasteiger partial charge is 0.360 e. The lowest BCUT2D eigenvalue weighted by Gasteiger charge is -2.16. The van der Waals surface area contributed by atoms with Gasteiger partial charge < -0.3 is 4.89 Å². The van der Waals surface area contributed by atoms with Crippen LogP contribution in [0.5, 0.6) is 0 Å². The second-order valence-electron chi connectivity index (χ2n) is 5.04. The first-order chi connectivity index (χ1) is 8.48. The van der Waals surface area contributed by atoms with Crippen LogP contribution in [-0.2, 0) is 4.57 Å². The van der Waals surface area contributed by atoms with E-state index >= 15 is 0 Å². The van der Waals surface area contributed by atoms with E-state index in [4.69, 9.17) is 16.1 Å². The number of hydrogen-bond acceptors (Lipinski definition) is 1. The van der Waals surface area contributed by atoms with Crippen molar-refractivity contribution < 1.29 is 9.46 Å². The van der Waals surface area contributed by atoms with Crippen molar-refractivity contribution in [3.05, 3.63) is 0 Å². The molecule has 0 amide bonds. The molecule has 0 aromatic rings. The van der Waals surface area contributed by atoms with Crippen LogP contribution in [0, 0.1) is 0 Å². The minimum Gasteiger partial charge on any atom is -0.322 e. The van der Waals surface area contributed by atoms with Gasteiger partial charge >= 0.3 is 6.87 Å². The van der Waals surface area contributed by atoms with E-state index in [1.807, 2.05) is 0 Å². The number of hydrogen-bond donors (Lipinski definition) is 1. The van der Waals surface area contributed by atoms with E-state index in [0.717, 1.165) is 12.8 Å². The quantitative estimate of drug-likeness (QED) is 0.398. The van der Waals surface area contributed by atoms with Gasteiger partial charge in [0, 0.05) is 6.54 Å². The van der Waals surface area contributed by atoms with Crippen molar-refractivity contribution in [3.63, 3.8) is 0 Å². The molecule has 3 nitrogen and oxygen atoms in total. The lowest BCUT2D eigenvalue weighted by molar-refractivity contribution is 0.390. The van der Waals surface area contributed by atoms with Gasteiger partial charge in [-0.3, -0.25) is 4.57 Å². The number of halogens is 1. The molecule has 0 heterocycles. The number of rotatable bonds is 12. The van der Waals surface area contributed by atoms with Gasteiger partial charge in [0.15, 0.2) is 0 Å². The molecule has 5 heteroatoms. The summed E-state index contributed by atoms with van der Waals surface area (Å²) in [6.07, 6.45) is 12.7. The fraction of sp³-hybridized carbons (Fsp3) is 1.00. The maximum atomic E-state index is 11.1. The highest BCUT2D eigenvalue weighted by molar-refractivity contribution is 7.82. The van der Waals surface area contributed by atoms with E-state index in [2.05, 4.69) is 6.92 Å². The van der Waals surface area contributed by atoms with Gasteiger partial charge in [0.25, 0.3) is 0 Å². The molecule has 110 valence electrons. The Hall–Kier alpha value is 0.440. The molecule has 0 rings (SSSR count). The molecule has 0 saturated carbocycles. The summed E-state index contributed by atoms with van der Waals surface area (Å²) in [7, 11) is 1.60. The summed E-state index contributed by atoms with van der Waals surface area (Å²) in [4.78, 5) is 9.08. The van der Waals surface area contributed by atoms with Crippen molar-refractivity contribution in [1.29, 1.82) is 0 Å². The van der Waals surface area contributed by atoms with Crippen LogP contribution in [0.15, 0.2) is 0 Å². The third kappa shape index (κ3) is 11.5. The van der Waals surface area contributed by atoms with Crippen LogP contribution in [0.4, 0.5) is 0 Å². The molecule has 18 heavy (non-hydrogen) atoms. The molecule has 1 N–H and O–H groups in total. The van der Waals surface area contributed by atoms with Crippen LogP contribution < -0.4 is 0 Å². The highest BCUT2D eigenvalue weighted by Crippen LogP contribution is 2.49. The van der Waals surface area contributed by atoms with E-state index in [1.165, 1.54) is 56.0 Å². The molecule has 0 radical (unpaired) electrons. The molecule has 0 aliphatic heterocycles. The van der Waals surface area contributed by atoms with E-state index in [0.29, 0.717) is 6.54 Å². The highest BCUT2D eigenvalue weighted by atomic mass is 35.7. The van der Waals surface area contributed by atoms with Crippen molar-refractivity contribution in [3.8, 4) is 0 Å². The second-order valence-corrected chi connectivity index (χ2v) is 7.99. The molecular weight excluding hydrogens is 269 g/mol. The molecule has 0 aromatic heterocycles. The fourth-order valence-electron chi connectivity index (χ4n) is 1.95. The van der Waals surface area contributed by atoms with Gasteiger partial charge in [0.05, 0.1) is 0 Å². The summed E-state index contributed by atoms with van der Waals surface area (Å²) < 4.78 is 12.4. The lowest BCUT2D eigenvalue weighted by Crippen LogP contribution is -2.13. The first-order valence-corrected chi connectivity index (χ1v) is 9.74. The third-order valence-electron chi connectivity index (χ3n) is 3.26. The molecule has 0 aromatic carbocycles. The molecule has 0 fully saturated rings. The SMILES string of the molecule is CCCCCCCCCCCCN(C)P(=O)(O)Cl. The number of unbranched alkanes of at least 4 members (excludes halogenated alkanes) is 9. The van der Waals surface area contributed by atoms with Crippen molar-refractivity contribution >= 4 is 18.1 Å². The lowest BCUT2D eigenvalue weighted by atomic mass is 10.1. The minimum absolute atomic E-state index is 0.605. The average Bonchev–Trinajstić information content (AvgIpc) is 2.30. The first-order valence-electron chi connectivity index (χ1n) is 7.22. The van der Waals surface area contributed by atoms with Gasteiger partial charge in [-0.05, 0) is 24.7 Å². The highest BCUT2D eigenvalue weighted by Gasteiger charge is 2.19. The zero-order chi connectivity index (χ0) is 13.9. The Morgan fingerprint density at radius 1 is 0.944 bits per heavy atom. The summed E-state index contributed by atoms with van der Waals surface area (Å²) in [5.41, 5.74) is 0. The van der Waals surface area contributed by atoms with Crippen molar-refractivity contribution in [1.82, 2.24) is 4.67 Å². The van der Waals surface area contributed by atoms with Crippen LogP contribution in [0.2, 0.25) is 0 Å². The van der Waals surface area contributed by atoms with Crippen LogP contribution in [0.25, 0.3) is 0 Å².